The number of alkyl halides is 3. The Kier molecular flexibility index (Phi) is 11.1. The smallest absolute Gasteiger partial charge is 0.406 e. The summed E-state index contributed by atoms with van der Waals surface area (Å²) in [7, 11) is -4.27. The molecule has 2 aromatic carbocycles. The number of amidine groups is 1. The third kappa shape index (κ3) is 9.43. The van der Waals surface area contributed by atoms with Gasteiger partial charge < -0.3 is 15.0 Å². The van der Waals surface area contributed by atoms with Crippen LogP contribution in [-0.2, 0) is 21.4 Å². The summed E-state index contributed by atoms with van der Waals surface area (Å²) in [6.07, 6.45) is -1.61. The number of sulfonamides is 1. The highest BCUT2D eigenvalue weighted by atomic mass is 32.2. The van der Waals surface area contributed by atoms with E-state index in [0.29, 0.717) is 11.7 Å². The minimum Gasteiger partial charge on any atom is -0.406 e. The fourth-order valence-corrected chi connectivity index (χ4v) is 5.67. The minimum absolute atomic E-state index is 0.0342. The molecule has 0 aliphatic carbocycles. The summed E-state index contributed by atoms with van der Waals surface area (Å²) in [5, 5.41) is 4.48. The number of carbonyl (C=O) groups excluding carboxylic acids is 1. The first-order valence-electron chi connectivity index (χ1n) is 12.2. The van der Waals surface area contributed by atoms with E-state index in [1.807, 2.05) is 36.6 Å². The lowest BCUT2D eigenvalue weighted by molar-refractivity contribution is -0.274. The van der Waals surface area contributed by atoms with Crippen molar-refractivity contribution >= 4 is 46.6 Å². The highest BCUT2D eigenvalue weighted by Gasteiger charge is 2.40. The molecule has 0 unspecified atom stereocenters. The van der Waals surface area contributed by atoms with Gasteiger partial charge in [-0.25, -0.2) is 23.4 Å². The van der Waals surface area contributed by atoms with Gasteiger partial charge >= 0.3 is 6.36 Å². The van der Waals surface area contributed by atoms with E-state index in [0.717, 1.165) is 34.1 Å². The molecule has 1 fully saturated rings. The zero-order chi connectivity index (χ0) is 30.0. The van der Waals surface area contributed by atoms with Crippen LogP contribution in [0, 0.1) is 0 Å². The SMILES string of the molecule is C=N\C(C)=N/C(=C/SC)/N=C/N1CCN(S(=O)(=O)c2ccc(OC(F)(F)F)cc2)[C@@H](C(=O)NCc2ccccc2)C1. The molecule has 2 aromatic rings. The maximum absolute atomic E-state index is 13.6. The molecule has 10 nitrogen and oxygen atoms in total. The normalized spacial score (nSPS) is 17.5. The molecule has 1 N–H and O–H groups in total. The van der Waals surface area contributed by atoms with E-state index in [9.17, 15) is 26.4 Å². The third-order valence-corrected chi connectivity index (χ3v) is 8.09. The molecular weight excluding hydrogens is 581 g/mol. The highest BCUT2D eigenvalue weighted by Crippen LogP contribution is 2.27. The molecule has 15 heteroatoms. The van der Waals surface area contributed by atoms with Gasteiger partial charge in [0.2, 0.25) is 15.9 Å². The van der Waals surface area contributed by atoms with Crippen LogP contribution in [0.2, 0.25) is 0 Å². The second-order valence-electron chi connectivity index (χ2n) is 8.62. The summed E-state index contributed by atoms with van der Waals surface area (Å²) in [5.74, 6) is -0.350. The molecule has 1 amide bonds. The van der Waals surface area contributed by atoms with Crippen LogP contribution >= 0.6 is 11.8 Å². The van der Waals surface area contributed by atoms with Crippen molar-refractivity contribution in [3.63, 3.8) is 0 Å². The molecule has 1 atom stereocenters. The van der Waals surface area contributed by atoms with Gasteiger partial charge in [0.15, 0.2) is 5.82 Å². The maximum atomic E-state index is 13.6. The van der Waals surface area contributed by atoms with Crippen molar-refractivity contribution in [3.05, 3.63) is 71.4 Å². The molecular formula is C26H29F3N6O4S2. The number of amides is 1. The number of rotatable bonds is 10. The lowest BCUT2D eigenvalue weighted by atomic mass is 10.2. The van der Waals surface area contributed by atoms with Crippen LogP contribution in [0.25, 0.3) is 0 Å². The standard InChI is InChI=1S/C26H29F3N6O4S2/c1-19(30-2)33-24(17-40-3)32-18-34-13-14-35(23(16-34)25(36)31-15-20-7-5-4-6-8-20)41(37,38)22-11-9-21(10-12-22)39-26(27,28)29/h4-12,17-18,23H,2,13-16H2,1,3H3,(H,31,36)/b24-17+,32-18+,33-19-/t23-/m1/s1. The molecule has 1 aliphatic heterocycles. The second-order valence-corrected chi connectivity index (χ2v) is 11.2. The van der Waals surface area contributed by atoms with Gasteiger partial charge in [0.05, 0.1) is 11.2 Å². The minimum atomic E-state index is -4.92. The third-order valence-electron chi connectivity index (χ3n) is 5.72. The molecule has 0 radical (unpaired) electrons. The van der Waals surface area contributed by atoms with Gasteiger partial charge in [-0.1, -0.05) is 30.3 Å². The van der Waals surface area contributed by atoms with Crippen LogP contribution in [0.5, 0.6) is 5.75 Å². The number of ether oxygens (including phenoxy) is 1. The fraction of sp³-hybridized carbons (Fsp3) is 0.308. The number of nitrogens with one attached hydrogen (secondary N) is 1. The van der Waals surface area contributed by atoms with E-state index in [4.69, 9.17) is 0 Å². The fourth-order valence-electron chi connectivity index (χ4n) is 3.78. The second kappa shape index (κ2) is 14.3. The van der Waals surface area contributed by atoms with Crippen LogP contribution in [-0.4, -0.2) is 80.7 Å². The first kappa shape index (κ1) is 31.8. The predicted molar refractivity (Wildman–Crippen MR) is 153 cm³/mol. The number of piperazine rings is 1. The monoisotopic (exact) mass is 610 g/mol. The summed E-state index contributed by atoms with van der Waals surface area (Å²) in [5.41, 5.74) is 0.820. The number of thioether (sulfide) groups is 1. The van der Waals surface area contributed by atoms with E-state index in [1.54, 1.807) is 17.2 Å². The average Bonchev–Trinajstić information content (AvgIpc) is 2.94. The molecule has 1 heterocycles. The molecule has 0 spiro atoms. The largest absolute Gasteiger partial charge is 0.573 e. The van der Waals surface area contributed by atoms with Crippen molar-refractivity contribution in [2.45, 2.75) is 30.8 Å². The van der Waals surface area contributed by atoms with Crippen molar-refractivity contribution in [3.8, 4) is 5.75 Å². The van der Waals surface area contributed by atoms with Gasteiger partial charge in [-0.05, 0) is 49.7 Å². The van der Waals surface area contributed by atoms with Gasteiger partial charge in [-0.15, -0.1) is 24.9 Å². The number of carbonyl (C=O) groups is 1. The summed E-state index contributed by atoms with van der Waals surface area (Å²) >= 11 is 1.38. The van der Waals surface area contributed by atoms with E-state index in [1.165, 1.54) is 18.1 Å². The molecule has 1 saturated heterocycles. The van der Waals surface area contributed by atoms with E-state index < -0.39 is 34.1 Å². The van der Waals surface area contributed by atoms with Crippen molar-refractivity contribution in [2.75, 3.05) is 25.9 Å². The molecule has 0 bridgehead atoms. The summed E-state index contributed by atoms with van der Waals surface area (Å²) in [6, 6.07) is 11.8. The number of aliphatic imine (C=N–C) groups is 3. The Morgan fingerprint density at radius 2 is 1.85 bits per heavy atom. The number of hydrogen-bond donors (Lipinski definition) is 1. The number of benzene rings is 2. The summed E-state index contributed by atoms with van der Waals surface area (Å²) in [4.78, 5) is 27.1. The number of halogens is 3. The van der Waals surface area contributed by atoms with E-state index in [-0.39, 0.29) is 31.1 Å². The molecule has 1 aliphatic rings. The van der Waals surface area contributed by atoms with Gasteiger partial charge in [-0.2, -0.15) is 4.31 Å². The summed E-state index contributed by atoms with van der Waals surface area (Å²) in [6.45, 7) is 5.33. The summed E-state index contributed by atoms with van der Waals surface area (Å²) < 4.78 is 69.7. The Labute approximate surface area is 240 Å². The van der Waals surface area contributed by atoms with Crippen molar-refractivity contribution in [2.24, 2.45) is 15.0 Å². The predicted octanol–water partition coefficient (Wildman–Crippen LogP) is 3.89. The zero-order valence-corrected chi connectivity index (χ0v) is 23.9. The van der Waals surface area contributed by atoms with Gasteiger partial charge in [0, 0.05) is 31.6 Å². The number of hydrogen-bond acceptors (Lipinski definition) is 7. The Morgan fingerprint density at radius 3 is 2.46 bits per heavy atom. The topological polar surface area (TPSA) is 116 Å². The van der Waals surface area contributed by atoms with E-state index in [2.05, 4.69) is 31.7 Å². The lowest BCUT2D eigenvalue weighted by Gasteiger charge is -2.38. The van der Waals surface area contributed by atoms with Crippen LogP contribution in [0.15, 0.2) is 85.7 Å². The molecule has 0 aromatic heterocycles. The Bertz CT molecular complexity index is 1400. The quantitative estimate of drug-likeness (QED) is 0.323. The maximum Gasteiger partial charge on any atom is 0.573 e. The first-order valence-corrected chi connectivity index (χ1v) is 14.9. The zero-order valence-electron chi connectivity index (χ0n) is 22.3. The van der Waals surface area contributed by atoms with Crippen molar-refractivity contribution in [1.82, 2.24) is 14.5 Å². The van der Waals surface area contributed by atoms with Gasteiger partial charge in [0.1, 0.15) is 17.6 Å². The van der Waals surface area contributed by atoms with Crippen LogP contribution in [0.4, 0.5) is 13.2 Å². The highest BCUT2D eigenvalue weighted by molar-refractivity contribution is 8.01. The Balaban J connectivity index is 1.86. The van der Waals surface area contributed by atoms with Crippen LogP contribution in [0.1, 0.15) is 12.5 Å². The first-order chi connectivity index (χ1) is 19.4. The lowest BCUT2D eigenvalue weighted by Crippen LogP contribution is -2.60. The van der Waals surface area contributed by atoms with Crippen LogP contribution < -0.4 is 10.1 Å². The molecule has 3 rings (SSSR count). The Hall–Kier alpha value is -3.69. The molecule has 220 valence electrons. The van der Waals surface area contributed by atoms with Crippen molar-refractivity contribution < 1.29 is 31.1 Å². The molecule has 0 saturated carbocycles. The van der Waals surface area contributed by atoms with E-state index >= 15 is 0 Å². The van der Waals surface area contributed by atoms with Crippen LogP contribution in [0.3, 0.4) is 0 Å². The van der Waals surface area contributed by atoms with Gasteiger partial charge in [0.25, 0.3) is 0 Å². The molecule has 41 heavy (non-hydrogen) atoms. The average molecular weight is 611 g/mol. The number of nitrogens with zero attached hydrogens (tertiary/aromatic N) is 5. The Morgan fingerprint density at radius 1 is 1.17 bits per heavy atom. The van der Waals surface area contributed by atoms with Gasteiger partial charge in [-0.3, -0.25) is 4.79 Å². The van der Waals surface area contributed by atoms with Crippen molar-refractivity contribution in [1.29, 1.82) is 0 Å².